The smallest absolute Gasteiger partial charge is 0.327 e. The number of benzene rings is 1. The quantitative estimate of drug-likeness (QED) is 0.482. The van der Waals surface area contributed by atoms with Crippen LogP contribution in [0.1, 0.15) is 12.0 Å². The summed E-state index contributed by atoms with van der Waals surface area (Å²) in [4.78, 5) is 24.4. The molecule has 0 aromatic heterocycles. The molecule has 1 fully saturated rings. The fourth-order valence-corrected chi connectivity index (χ4v) is 3.77. The van der Waals surface area contributed by atoms with Crippen LogP contribution in [-0.4, -0.2) is 23.1 Å². The number of ether oxygens (including phenoxy) is 1. The fraction of sp³-hybridized carbons (Fsp3) is 0.333. The third-order valence-electron chi connectivity index (χ3n) is 3.64. The van der Waals surface area contributed by atoms with E-state index in [0.29, 0.717) is 6.42 Å². The normalized spacial score (nSPS) is 32.2. The summed E-state index contributed by atoms with van der Waals surface area (Å²) in [6, 6.07) is 7.94. The van der Waals surface area contributed by atoms with Crippen LogP contribution in [0.15, 0.2) is 41.3 Å². The molecule has 3 nitrogen and oxygen atoms in total. The molecule has 2 bridgehead atoms. The van der Waals surface area contributed by atoms with Crippen molar-refractivity contribution in [2.24, 2.45) is 5.92 Å². The van der Waals surface area contributed by atoms with Gasteiger partial charge in [0.15, 0.2) is 0 Å². The minimum Gasteiger partial charge on any atom is -0.457 e. The van der Waals surface area contributed by atoms with E-state index in [-0.39, 0.29) is 18.0 Å². The first-order valence-electron chi connectivity index (χ1n) is 6.25. The van der Waals surface area contributed by atoms with Gasteiger partial charge in [0.25, 0.3) is 0 Å². The lowest BCUT2D eigenvalue weighted by atomic mass is 9.80. The number of hydrogen-bond acceptors (Lipinski definition) is 4. The van der Waals surface area contributed by atoms with Crippen molar-refractivity contribution in [3.05, 3.63) is 42.0 Å². The van der Waals surface area contributed by atoms with Crippen molar-refractivity contribution in [3.63, 3.8) is 0 Å². The van der Waals surface area contributed by atoms with Crippen LogP contribution >= 0.6 is 11.8 Å². The summed E-state index contributed by atoms with van der Waals surface area (Å²) >= 11 is 1.41. The number of carbonyl (C=O) groups is 2. The monoisotopic (exact) mass is 274 g/mol. The molecule has 1 aromatic carbocycles. The van der Waals surface area contributed by atoms with Crippen LogP contribution in [0, 0.1) is 12.8 Å². The molecule has 1 saturated heterocycles. The summed E-state index contributed by atoms with van der Waals surface area (Å²) in [5.41, 5.74) is 1.17. The molecular weight excluding hydrogens is 260 g/mol. The first kappa shape index (κ1) is 12.5. The highest BCUT2D eigenvalue weighted by atomic mass is 32.2. The lowest BCUT2D eigenvalue weighted by molar-refractivity contribution is -0.159. The van der Waals surface area contributed by atoms with Gasteiger partial charge in [-0.25, -0.2) is 0 Å². The second kappa shape index (κ2) is 4.53. The fourth-order valence-electron chi connectivity index (χ4n) is 2.52. The molecule has 19 heavy (non-hydrogen) atoms. The van der Waals surface area contributed by atoms with Crippen LogP contribution in [0.4, 0.5) is 0 Å². The maximum Gasteiger partial charge on any atom is 0.327 e. The topological polar surface area (TPSA) is 43.4 Å². The zero-order chi connectivity index (χ0) is 13.5. The standard InChI is InChI=1S/C15H14O3S/c1-10-2-4-13(5-3-10)19-15-7-6-12(18-14(15)17)8-11(15)9-16/h2-7,9,11-12H,8H2,1H3/t11-,12-,15-/m0/s1. The zero-order valence-electron chi connectivity index (χ0n) is 10.5. The van der Waals surface area contributed by atoms with Gasteiger partial charge in [0, 0.05) is 10.8 Å². The van der Waals surface area contributed by atoms with E-state index in [1.54, 1.807) is 0 Å². The molecule has 1 aromatic rings. The van der Waals surface area contributed by atoms with Crippen molar-refractivity contribution in [1.29, 1.82) is 0 Å². The summed E-state index contributed by atoms with van der Waals surface area (Å²) in [5.74, 6) is -0.607. The Hall–Kier alpha value is -1.55. The molecule has 0 spiro atoms. The third kappa shape index (κ3) is 2.00. The summed E-state index contributed by atoms with van der Waals surface area (Å²) in [7, 11) is 0. The van der Waals surface area contributed by atoms with Gasteiger partial charge in [0.05, 0.1) is 0 Å². The van der Waals surface area contributed by atoms with Crippen LogP contribution in [-0.2, 0) is 14.3 Å². The van der Waals surface area contributed by atoms with Gasteiger partial charge < -0.3 is 9.53 Å². The van der Waals surface area contributed by atoms with Crippen LogP contribution in [0.2, 0.25) is 0 Å². The Morgan fingerprint density at radius 2 is 2.11 bits per heavy atom. The van der Waals surface area contributed by atoms with Crippen LogP contribution in [0.3, 0.4) is 0 Å². The zero-order valence-corrected chi connectivity index (χ0v) is 11.4. The predicted octanol–water partition coefficient (Wildman–Crippen LogP) is 2.53. The number of aldehydes is 1. The van der Waals surface area contributed by atoms with Gasteiger partial charge in [-0.15, -0.1) is 11.8 Å². The van der Waals surface area contributed by atoms with Crippen LogP contribution in [0.5, 0.6) is 0 Å². The summed E-state index contributed by atoms with van der Waals surface area (Å²) in [6.45, 7) is 2.01. The molecule has 98 valence electrons. The van der Waals surface area contributed by atoms with Crippen molar-refractivity contribution < 1.29 is 14.3 Å². The average Bonchev–Trinajstić information content (AvgIpc) is 2.42. The van der Waals surface area contributed by atoms with E-state index in [4.69, 9.17) is 4.74 Å². The van der Waals surface area contributed by atoms with E-state index in [1.165, 1.54) is 17.3 Å². The molecule has 2 heterocycles. The number of esters is 1. The molecule has 1 aliphatic carbocycles. The van der Waals surface area contributed by atoms with Gasteiger partial charge in [-0.2, -0.15) is 0 Å². The van der Waals surface area contributed by atoms with Crippen LogP contribution in [0.25, 0.3) is 0 Å². The molecule has 4 rings (SSSR count). The Kier molecular flexibility index (Phi) is 2.97. The Labute approximate surface area is 116 Å². The minimum absolute atomic E-state index is 0.233. The van der Waals surface area contributed by atoms with E-state index in [1.807, 2.05) is 43.3 Å². The highest BCUT2D eigenvalue weighted by Crippen LogP contribution is 2.48. The van der Waals surface area contributed by atoms with Gasteiger partial charge in [0.2, 0.25) is 0 Å². The van der Waals surface area contributed by atoms with Gasteiger partial charge >= 0.3 is 5.97 Å². The highest BCUT2D eigenvalue weighted by Gasteiger charge is 2.53. The number of rotatable bonds is 3. The number of thioether (sulfide) groups is 1. The molecule has 3 aliphatic rings. The molecule has 0 N–H and O–H groups in total. The van der Waals surface area contributed by atoms with Gasteiger partial charge in [-0.1, -0.05) is 23.8 Å². The molecule has 0 amide bonds. The van der Waals surface area contributed by atoms with Crippen molar-refractivity contribution in [1.82, 2.24) is 0 Å². The minimum atomic E-state index is -0.883. The molecule has 0 radical (unpaired) electrons. The van der Waals surface area contributed by atoms with Crippen molar-refractivity contribution in [3.8, 4) is 0 Å². The van der Waals surface area contributed by atoms with E-state index in [9.17, 15) is 9.59 Å². The van der Waals surface area contributed by atoms with E-state index in [0.717, 1.165) is 11.2 Å². The summed E-state index contributed by atoms with van der Waals surface area (Å²) in [5, 5.41) is 0. The Morgan fingerprint density at radius 3 is 2.74 bits per heavy atom. The number of carbonyl (C=O) groups excluding carboxylic acids is 2. The second-order valence-corrected chi connectivity index (χ2v) is 6.34. The molecular formula is C15H14O3S. The molecule has 0 unspecified atom stereocenters. The SMILES string of the molecule is Cc1ccc(S[C@@]23C=C[C@@H](C[C@H]2C=O)OC3=O)cc1. The molecule has 4 heteroatoms. The largest absolute Gasteiger partial charge is 0.457 e. The Balaban J connectivity index is 1.97. The van der Waals surface area contributed by atoms with Crippen molar-refractivity contribution in [2.75, 3.05) is 0 Å². The first-order chi connectivity index (χ1) is 9.14. The third-order valence-corrected chi connectivity index (χ3v) is 5.10. The lowest BCUT2D eigenvalue weighted by Crippen LogP contribution is -2.53. The van der Waals surface area contributed by atoms with Crippen molar-refractivity contribution in [2.45, 2.75) is 29.1 Å². The van der Waals surface area contributed by atoms with E-state index < -0.39 is 4.75 Å². The maximum absolute atomic E-state index is 12.2. The van der Waals surface area contributed by atoms with E-state index >= 15 is 0 Å². The second-order valence-electron chi connectivity index (χ2n) is 4.99. The predicted molar refractivity (Wildman–Crippen MR) is 73.0 cm³/mol. The number of fused-ring (bicyclic) bond motifs is 2. The van der Waals surface area contributed by atoms with Crippen molar-refractivity contribution >= 4 is 24.0 Å². The molecule has 2 aliphatic heterocycles. The van der Waals surface area contributed by atoms with Gasteiger partial charge in [-0.3, -0.25) is 4.79 Å². The van der Waals surface area contributed by atoms with Gasteiger partial charge in [0.1, 0.15) is 17.1 Å². The molecule has 0 saturated carbocycles. The summed E-state index contributed by atoms with van der Waals surface area (Å²) in [6.07, 6.45) is 4.98. The number of aryl methyl sites for hydroxylation is 1. The molecule has 3 atom stereocenters. The Bertz CT molecular complexity index is 549. The Morgan fingerprint density at radius 1 is 1.37 bits per heavy atom. The maximum atomic E-state index is 12.2. The lowest BCUT2D eigenvalue weighted by Gasteiger charge is -2.43. The van der Waals surface area contributed by atoms with E-state index in [2.05, 4.69) is 0 Å². The van der Waals surface area contributed by atoms with Gasteiger partial charge in [-0.05, 0) is 31.6 Å². The van der Waals surface area contributed by atoms with Crippen LogP contribution < -0.4 is 0 Å². The average molecular weight is 274 g/mol. The summed E-state index contributed by atoms with van der Waals surface area (Å²) < 4.78 is 4.43. The number of hydrogen-bond donors (Lipinski definition) is 0. The first-order valence-corrected chi connectivity index (χ1v) is 7.07. The highest BCUT2D eigenvalue weighted by molar-refractivity contribution is 8.01.